The summed E-state index contributed by atoms with van der Waals surface area (Å²) in [6, 6.07) is 8.99. The fraction of sp³-hybridized carbons (Fsp3) is 0. The minimum absolute atomic E-state index is 0.361. The summed E-state index contributed by atoms with van der Waals surface area (Å²) in [7, 11) is 0. The Kier molecular flexibility index (Phi) is 3.57. The van der Waals surface area contributed by atoms with Gasteiger partial charge in [0, 0.05) is 10.6 Å². The molecule has 3 rings (SSSR count). The second-order valence-electron chi connectivity index (χ2n) is 4.14. The summed E-state index contributed by atoms with van der Waals surface area (Å²) >= 11 is 12.1. The lowest BCUT2D eigenvalue weighted by Gasteiger charge is -2.07. The molecule has 0 radical (unpaired) electrons. The van der Waals surface area contributed by atoms with Gasteiger partial charge in [0.05, 0.1) is 34.9 Å². The molecule has 0 atom stereocenters. The summed E-state index contributed by atoms with van der Waals surface area (Å²) in [5, 5.41) is 14.0. The summed E-state index contributed by atoms with van der Waals surface area (Å²) in [5.74, 6) is 0.361. The van der Waals surface area contributed by atoms with E-state index in [2.05, 4.69) is 15.1 Å². The van der Waals surface area contributed by atoms with Crippen LogP contribution < -0.4 is 0 Å². The monoisotopic (exact) mass is 315 g/mol. The molecule has 0 aliphatic heterocycles. The molecule has 0 N–H and O–H groups in total. The molecule has 3 aromatic rings. The van der Waals surface area contributed by atoms with E-state index in [0.29, 0.717) is 21.6 Å². The third-order valence-electron chi connectivity index (χ3n) is 2.81. The van der Waals surface area contributed by atoms with E-state index in [4.69, 9.17) is 28.5 Å². The molecule has 2 heterocycles. The first-order valence-corrected chi connectivity index (χ1v) is 6.66. The van der Waals surface area contributed by atoms with Crippen molar-refractivity contribution in [2.45, 2.75) is 0 Å². The quantitative estimate of drug-likeness (QED) is 0.725. The molecule has 0 fully saturated rings. The Balaban J connectivity index is 2.10. The number of halogens is 2. The minimum atomic E-state index is 0.361. The molecule has 0 bridgehead atoms. The van der Waals surface area contributed by atoms with Crippen LogP contribution in [0.25, 0.3) is 17.2 Å². The highest BCUT2D eigenvalue weighted by Gasteiger charge is 2.12. The first-order chi connectivity index (χ1) is 10.2. The molecule has 7 heteroatoms. The predicted octanol–water partition coefficient (Wildman–Crippen LogP) is 3.51. The largest absolute Gasteiger partial charge is 0.251 e. The zero-order valence-corrected chi connectivity index (χ0v) is 12.0. The maximum Gasteiger partial charge on any atom is 0.251 e. The third-order valence-corrected chi connectivity index (χ3v) is 3.35. The van der Waals surface area contributed by atoms with E-state index in [1.165, 1.54) is 12.4 Å². The summed E-state index contributed by atoms with van der Waals surface area (Å²) in [5.41, 5.74) is 1.89. The number of aromatic nitrogens is 4. The number of nitrogens with zero attached hydrogens (tertiary/aromatic N) is 5. The Bertz CT molecular complexity index is 833. The molecular weight excluding hydrogens is 309 g/mol. The summed E-state index contributed by atoms with van der Waals surface area (Å²) in [6.07, 6.45) is 4.51. The third kappa shape index (κ3) is 2.59. The van der Waals surface area contributed by atoms with Crippen molar-refractivity contribution >= 4 is 23.2 Å². The van der Waals surface area contributed by atoms with E-state index in [9.17, 15) is 0 Å². The number of hydrogen-bond acceptors (Lipinski definition) is 4. The van der Waals surface area contributed by atoms with Gasteiger partial charge in [-0.15, -0.1) is 0 Å². The van der Waals surface area contributed by atoms with Gasteiger partial charge < -0.3 is 0 Å². The van der Waals surface area contributed by atoms with Gasteiger partial charge in [0.25, 0.3) is 5.95 Å². The number of hydrogen-bond donors (Lipinski definition) is 0. The Morgan fingerprint density at radius 2 is 1.86 bits per heavy atom. The summed E-state index contributed by atoms with van der Waals surface area (Å²) in [4.78, 5) is 8.25. The van der Waals surface area contributed by atoms with Gasteiger partial charge >= 0.3 is 0 Å². The fourth-order valence-corrected chi connectivity index (χ4v) is 2.36. The molecule has 0 spiro atoms. The first-order valence-electron chi connectivity index (χ1n) is 5.91. The summed E-state index contributed by atoms with van der Waals surface area (Å²) in [6.45, 7) is 0. The molecule has 21 heavy (non-hydrogen) atoms. The van der Waals surface area contributed by atoms with E-state index in [1.807, 2.05) is 12.1 Å². The Morgan fingerprint density at radius 1 is 1.10 bits per heavy atom. The average Bonchev–Trinajstić information content (AvgIpc) is 2.96. The molecule has 102 valence electrons. The van der Waals surface area contributed by atoms with Crippen LogP contribution in [0.5, 0.6) is 0 Å². The van der Waals surface area contributed by atoms with Crippen LogP contribution in [0.4, 0.5) is 0 Å². The SMILES string of the molecule is N#Cc1cnc(-n2nccc2-c2ccc(Cl)cc2Cl)nc1. The lowest BCUT2D eigenvalue weighted by atomic mass is 10.1. The van der Waals surface area contributed by atoms with E-state index < -0.39 is 0 Å². The molecule has 1 aromatic carbocycles. The van der Waals surface area contributed by atoms with Gasteiger partial charge in [-0.25, -0.2) is 9.97 Å². The van der Waals surface area contributed by atoms with Crippen molar-refractivity contribution in [3.8, 4) is 23.3 Å². The number of rotatable bonds is 2. The second-order valence-corrected chi connectivity index (χ2v) is 4.98. The Morgan fingerprint density at radius 3 is 2.52 bits per heavy atom. The van der Waals surface area contributed by atoms with Gasteiger partial charge in [-0.3, -0.25) is 0 Å². The van der Waals surface area contributed by atoms with E-state index in [1.54, 1.807) is 29.1 Å². The maximum atomic E-state index is 8.77. The molecule has 0 amide bonds. The van der Waals surface area contributed by atoms with E-state index in [-0.39, 0.29) is 0 Å². The number of nitriles is 1. The normalized spacial score (nSPS) is 10.3. The van der Waals surface area contributed by atoms with Crippen LogP contribution in [0.2, 0.25) is 10.0 Å². The predicted molar refractivity (Wildman–Crippen MR) is 79.3 cm³/mol. The standard InChI is InChI=1S/C14H7Cl2N5/c15-10-1-2-11(12(16)5-10)13-3-4-20-21(13)14-18-7-9(6-17)8-19-14/h1-5,7-8H. The smallest absolute Gasteiger partial charge is 0.218 e. The van der Waals surface area contributed by atoms with Crippen molar-refractivity contribution in [1.82, 2.24) is 19.7 Å². The van der Waals surface area contributed by atoms with Gasteiger partial charge in [-0.2, -0.15) is 15.0 Å². The molecule has 0 unspecified atom stereocenters. The molecule has 0 saturated carbocycles. The highest BCUT2D eigenvalue weighted by Crippen LogP contribution is 2.30. The minimum Gasteiger partial charge on any atom is -0.218 e. The maximum absolute atomic E-state index is 8.77. The zero-order chi connectivity index (χ0) is 14.8. The topological polar surface area (TPSA) is 67.4 Å². The molecule has 0 aliphatic rings. The first kappa shape index (κ1) is 13.6. The molecule has 0 saturated heterocycles. The molecular formula is C14H7Cl2N5. The lowest BCUT2D eigenvalue weighted by molar-refractivity contribution is 0.813. The van der Waals surface area contributed by atoms with Crippen LogP contribution in [0.3, 0.4) is 0 Å². The van der Waals surface area contributed by atoms with Crippen LogP contribution in [0.15, 0.2) is 42.9 Å². The van der Waals surface area contributed by atoms with Crippen LogP contribution in [-0.2, 0) is 0 Å². The number of benzene rings is 1. The van der Waals surface area contributed by atoms with Crippen molar-refractivity contribution in [1.29, 1.82) is 5.26 Å². The van der Waals surface area contributed by atoms with Crippen molar-refractivity contribution in [2.24, 2.45) is 0 Å². The summed E-state index contributed by atoms with van der Waals surface area (Å²) < 4.78 is 1.55. The average molecular weight is 316 g/mol. The van der Waals surface area contributed by atoms with Gasteiger partial charge in [0.2, 0.25) is 0 Å². The highest BCUT2D eigenvalue weighted by atomic mass is 35.5. The van der Waals surface area contributed by atoms with Crippen LogP contribution in [0.1, 0.15) is 5.56 Å². The van der Waals surface area contributed by atoms with Crippen molar-refractivity contribution in [3.05, 3.63) is 58.5 Å². The van der Waals surface area contributed by atoms with E-state index in [0.717, 1.165) is 11.3 Å². The molecule has 2 aromatic heterocycles. The van der Waals surface area contributed by atoms with Crippen LogP contribution >= 0.6 is 23.2 Å². The Hall–Kier alpha value is -2.42. The van der Waals surface area contributed by atoms with Crippen molar-refractivity contribution < 1.29 is 0 Å². The van der Waals surface area contributed by atoms with Crippen molar-refractivity contribution in [3.63, 3.8) is 0 Å². The Labute approximate surface area is 130 Å². The van der Waals surface area contributed by atoms with Crippen LogP contribution in [-0.4, -0.2) is 19.7 Å². The second kappa shape index (κ2) is 5.52. The van der Waals surface area contributed by atoms with E-state index >= 15 is 0 Å². The zero-order valence-electron chi connectivity index (χ0n) is 10.5. The van der Waals surface area contributed by atoms with Gasteiger partial charge in [0.1, 0.15) is 6.07 Å². The van der Waals surface area contributed by atoms with Crippen LogP contribution in [0, 0.1) is 11.3 Å². The molecule has 0 aliphatic carbocycles. The molecule has 5 nitrogen and oxygen atoms in total. The lowest BCUT2D eigenvalue weighted by Crippen LogP contribution is -2.04. The van der Waals surface area contributed by atoms with Gasteiger partial charge in [-0.05, 0) is 24.3 Å². The fourth-order valence-electron chi connectivity index (χ4n) is 1.85. The van der Waals surface area contributed by atoms with Crippen molar-refractivity contribution in [2.75, 3.05) is 0 Å². The van der Waals surface area contributed by atoms with Gasteiger partial charge in [0.15, 0.2) is 0 Å². The highest BCUT2D eigenvalue weighted by molar-refractivity contribution is 6.36. The van der Waals surface area contributed by atoms with Gasteiger partial charge in [-0.1, -0.05) is 23.2 Å².